The summed E-state index contributed by atoms with van der Waals surface area (Å²) in [7, 11) is 3.88. The third-order valence-electron chi connectivity index (χ3n) is 5.02. The third kappa shape index (κ3) is 6.14. The minimum atomic E-state index is 0. The van der Waals surface area contributed by atoms with Crippen LogP contribution in [0.15, 0.2) is 29.3 Å². The standard InChI is InChI=1S/C20H32N4O.HI/c1-5-18(24-14-8-11-19(24)25)12-13-22-20(21-3)23(4)15-17-10-7-6-9-16(17)2;/h6-7,9-10,18H,5,8,11-15H2,1-4H3,(H,21,22);1H. The molecule has 0 bridgehead atoms. The molecule has 1 heterocycles. The summed E-state index contributed by atoms with van der Waals surface area (Å²) in [6, 6.07) is 8.77. The number of benzene rings is 1. The van der Waals surface area contributed by atoms with E-state index in [2.05, 4.69) is 65.3 Å². The van der Waals surface area contributed by atoms with Crippen LogP contribution in [0.25, 0.3) is 0 Å². The highest BCUT2D eigenvalue weighted by Gasteiger charge is 2.26. The molecule has 1 aliphatic rings. The number of carbonyl (C=O) groups excluding carboxylic acids is 1. The first-order valence-electron chi connectivity index (χ1n) is 9.32. The molecule has 1 atom stereocenters. The molecule has 0 aromatic heterocycles. The number of aryl methyl sites for hydroxylation is 1. The van der Waals surface area contributed by atoms with E-state index in [0.717, 1.165) is 44.9 Å². The number of amides is 1. The van der Waals surface area contributed by atoms with Gasteiger partial charge in [0, 0.05) is 46.2 Å². The average molecular weight is 472 g/mol. The first-order valence-corrected chi connectivity index (χ1v) is 9.32. The van der Waals surface area contributed by atoms with Crippen molar-refractivity contribution in [1.82, 2.24) is 15.1 Å². The van der Waals surface area contributed by atoms with Crippen molar-refractivity contribution in [2.75, 3.05) is 27.2 Å². The number of nitrogens with zero attached hydrogens (tertiary/aromatic N) is 3. The van der Waals surface area contributed by atoms with Gasteiger partial charge in [0.05, 0.1) is 0 Å². The average Bonchev–Trinajstić information content (AvgIpc) is 3.03. The van der Waals surface area contributed by atoms with Gasteiger partial charge in [0.2, 0.25) is 5.91 Å². The first-order chi connectivity index (χ1) is 12.1. The normalized spacial score (nSPS) is 15.6. The van der Waals surface area contributed by atoms with Crippen molar-refractivity contribution in [3.8, 4) is 0 Å². The lowest BCUT2D eigenvalue weighted by atomic mass is 10.1. The summed E-state index contributed by atoms with van der Waals surface area (Å²) in [5, 5.41) is 3.45. The molecule has 1 aromatic carbocycles. The highest BCUT2D eigenvalue weighted by molar-refractivity contribution is 14.0. The zero-order valence-electron chi connectivity index (χ0n) is 16.5. The predicted octanol–water partition coefficient (Wildman–Crippen LogP) is 3.41. The Balaban J connectivity index is 0.00000338. The Morgan fingerprint density at radius 2 is 2.12 bits per heavy atom. The van der Waals surface area contributed by atoms with E-state index in [9.17, 15) is 4.79 Å². The van der Waals surface area contributed by atoms with Crippen molar-refractivity contribution in [2.45, 2.75) is 52.1 Å². The quantitative estimate of drug-likeness (QED) is 0.376. The molecule has 1 aliphatic heterocycles. The van der Waals surface area contributed by atoms with Crippen LogP contribution >= 0.6 is 24.0 Å². The largest absolute Gasteiger partial charge is 0.356 e. The minimum absolute atomic E-state index is 0. The Morgan fingerprint density at radius 1 is 1.38 bits per heavy atom. The number of nitrogens with one attached hydrogen (secondary N) is 1. The van der Waals surface area contributed by atoms with Crippen LogP contribution in [0.5, 0.6) is 0 Å². The Hall–Kier alpha value is -1.31. The molecule has 1 aromatic rings. The number of aliphatic imine (C=N–C) groups is 1. The molecule has 1 N–H and O–H groups in total. The molecule has 1 saturated heterocycles. The van der Waals surface area contributed by atoms with Crippen LogP contribution in [0.1, 0.15) is 43.7 Å². The fourth-order valence-electron chi connectivity index (χ4n) is 3.49. The summed E-state index contributed by atoms with van der Waals surface area (Å²) >= 11 is 0. The van der Waals surface area contributed by atoms with Crippen LogP contribution in [0.4, 0.5) is 0 Å². The molecule has 0 saturated carbocycles. The number of carbonyl (C=O) groups is 1. The Bertz CT molecular complexity index is 605. The molecule has 0 aliphatic carbocycles. The van der Waals surface area contributed by atoms with Crippen molar-refractivity contribution < 1.29 is 4.79 Å². The van der Waals surface area contributed by atoms with Gasteiger partial charge in [0.1, 0.15) is 0 Å². The zero-order valence-corrected chi connectivity index (χ0v) is 18.8. The second-order valence-electron chi connectivity index (χ2n) is 6.80. The van der Waals surface area contributed by atoms with Crippen molar-refractivity contribution in [3.05, 3.63) is 35.4 Å². The Labute approximate surface area is 175 Å². The maximum Gasteiger partial charge on any atom is 0.222 e. The van der Waals surface area contributed by atoms with Crippen molar-refractivity contribution in [2.24, 2.45) is 4.99 Å². The lowest BCUT2D eigenvalue weighted by Gasteiger charge is -2.28. The maximum absolute atomic E-state index is 11.9. The van der Waals surface area contributed by atoms with Crippen LogP contribution in [-0.2, 0) is 11.3 Å². The Kier molecular flexibility index (Phi) is 9.98. The van der Waals surface area contributed by atoms with E-state index in [1.54, 1.807) is 0 Å². The van der Waals surface area contributed by atoms with Gasteiger partial charge in [-0.05, 0) is 37.3 Å². The van der Waals surface area contributed by atoms with Crippen LogP contribution < -0.4 is 5.32 Å². The number of rotatable bonds is 7. The van der Waals surface area contributed by atoms with E-state index < -0.39 is 0 Å². The van der Waals surface area contributed by atoms with Gasteiger partial charge in [-0.2, -0.15) is 0 Å². The van der Waals surface area contributed by atoms with Crippen molar-refractivity contribution in [1.29, 1.82) is 0 Å². The highest BCUT2D eigenvalue weighted by atomic mass is 127. The molecule has 0 spiro atoms. The number of hydrogen-bond acceptors (Lipinski definition) is 2. The SMILES string of the molecule is CCC(CCNC(=NC)N(C)Cc1ccccc1C)N1CCCC1=O.I. The summed E-state index contributed by atoms with van der Waals surface area (Å²) in [5.41, 5.74) is 2.60. The second-order valence-corrected chi connectivity index (χ2v) is 6.80. The van der Waals surface area contributed by atoms with Crippen molar-refractivity contribution in [3.63, 3.8) is 0 Å². The highest BCUT2D eigenvalue weighted by Crippen LogP contribution is 2.17. The molecule has 146 valence electrons. The van der Waals surface area contributed by atoms with Gasteiger partial charge in [-0.25, -0.2) is 0 Å². The van der Waals surface area contributed by atoms with E-state index in [-0.39, 0.29) is 24.0 Å². The molecule has 1 unspecified atom stereocenters. The molecule has 26 heavy (non-hydrogen) atoms. The van der Waals surface area contributed by atoms with Crippen molar-refractivity contribution >= 4 is 35.8 Å². The number of likely N-dealkylation sites (tertiary alicyclic amines) is 1. The van der Waals surface area contributed by atoms with Gasteiger partial charge < -0.3 is 15.1 Å². The maximum atomic E-state index is 11.9. The molecule has 6 heteroatoms. The second kappa shape index (κ2) is 11.4. The summed E-state index contributed by atoms with van der Waals surface area (Å²) in [6.07, 6.45) is 3.68. The van der Waals surface area contributed by atoms with Gasteiger partial charge in [-0.3, -0.25) is 9.79 Å². The zero-order chi connectivity index (χ0) is 18.2. The van der Waals surface area contributed by atoms with Gasteiger partial charge >= 0.3 is 0 Å². The van der Waals surface area contributed by atoms with E-state index in [4.69, 9.17) is 0 Å². The number of halogens is 1. The summed E-state index contributed by atoms with van der Waals surface area (Å²) in [4.78, 5) is 20.5. The molecular weight excluding hydrogens is 439 g/mol. The van der Waals surface area contributed by atoms with E-state index >= 15 is 0 Å². The van der Waals surface area contributed by atoms with E-state index in [1.165, 1.54) is 11.1 Å². The topological polar surface area (TPSA) is 47.9 Å². The Morgan fingerprint density at radius 3 is 2.69 bits per heavy atom. The van der Waals surface area contributed by atoms with Crippen LogP contribution in [0.2, 0.25) is 0 Å². The fraction of sp³-hybridized carbons (Fsp3) is 0.600. The van der Waals surface area contributed by atoms with Gasteiger partial charge in [0.15, 0.2) is 5.96 Å². The number of hydrogen-bond donors (Lipinski definition) is 1. The molecule has 5 nitrogen and oxygen atoms in total. The van der Waals surface area contributed by atoms with Crippen LogP contribution in [0.3, 0.4) is 0 Å². The predicted molar refractivity (Wildman–Crippen MR) is 119 cm³/mol. The summed E-state index contributed by atoms with van der Waals surface area (Å²) < 4.78 is 0. The van der Waals surface area contributed by atoms with Gasteiger partial charge in [-0.15, -0.1) is 24.0 Å². The smallest absolute Gasteiger partial charge is 0.222 e. The molecule has 2 rings (SSSR count). The summed E-state index contributed by atoms with van der Waals surface area (Å²) in [6.45, 7) is 6.87. The van der Waals surface area contributed by atoms with E-state index in [1.807, 2.05) is 7.05 Å². The molecular formula is C20H33IN4O. The van der Waals surface area contributed by atoms with E-state index in [0.29, 0.717) is 18.4 Å². The van der Waals surface area contributed by atoms with Crippen LogP contribution in [0, 0.1) is 6.92 Å². The van der Waals surface area contributed by atoms with Gasteiger partial charge in [0.25, 0.3) is 0 Å². The lowest BCUT2D eigenvalue weighted by Crippen LogP contribution is -2.42. The first kappa shape index (κ1) is 22.7. The lowest BCUT2D eigenvalue weighted by molar-refractivity contribution is -0.129. The minimum Gasteiger partial charge on any atom is -0.356 e. The number of guanidine groups is 1. The fourth-order valence-corrected chi connectivity index (χ4v) is 3.49. The third-order valence-corrected chi connectivity index (χ3v) is 5.02. The molecule has 1 fully saturated rings. The molecule has 0 radical (unpaired) electrons. The van der Waals surface area contributed by atoms with Crippen LogP contribution in [-0.4, -0.2) is 54.9 Å². The monoisotopic (exact) mass is 472 g/mol. The van der Waals surface area contributed by atoms with Gasteiger partial charge in [-0.1, -0.05) is 31.2 Å². The molecule has 1 amide bonds. The summed E-state index contributed by atoms with van der Waals surface area (Å²) in [5.74, 6) is 1.21.